The fourth-order valence-electron chi connectivity index (χ4n) is 2.56. The summed E-state index contributed by atoms with van der Waals surface area (Å²) < 4.78 is 26.6. The van der Waals surface area contributed by atoms with Gasteiger partial charge >= 0.3 is 0 Å². The predicted molar refractivity (Wildman–Crippen MR) is 78.0 cm³/mol. The van der Waals surface area contributed by atoms with Crippen molar-refractivity contribution < 1.29 is 8.42 Å². The van der Waals surface area contributed by atoms with E-state index in [0.29, 0.717) is 0 Å². The van der Waals surface area contributed by atoms with Crippen LogP contribution in [-0.2, 0) is 10.0 Å². The molecular formula is C14H17ClN2O2S. The van der Waals surface area contributed by atoms with Crippen LogP contribution in [0.25, 0.3) is 0 Å². The lowest BCUT2D eigenvalue weighted by Crippen LogP contribution is -2.38. The summed E-state index contributed by atoms with van der Waals surface area (Å²) in [6.07, 6.45) is 5.09. The van der Waals surface area contributed by atoms with Gasteiger partial charge in [0.05, 0.1) is 15.5 Å². The van der Waals surface area contributed by atoms with Gasteiger partial charge in [-0.1, -0.05) is 30.9 Å². The molecule has 108 valence electrons. The zero-order chi connectivity index (χ0) is 14.8. The highest BCUT2D eigenvalue weighted by molar-refractivity contribution is 7.89. The molecule has 0 spiro atoms. The Morgan fingerprint density at radius 2 is 1.95 bits per heavy atom. The van der Waals surface area contributed by atoms with Gasteiger partial charge in [-0.3, -0.25) is 0 Å². The van der Waals surface area contributed by atoms with E-state index in [0.717, 1.165) is 25.7 Å². The molecule has 1 fully saturated rings. The van der Waals surface area contributed by atoms with E-state index in [1.165, 1.54) is 28.9 Å². The number of hydrogen-bond donors (Lipinski definition) is 0. The smallest absolute Gasteiger partial charge is 0.207 e. The van der Waals surface area contributed by atoms with E-state index in [-0.39, 0.29) is 21.5 Å². The van der Waals surface area contributed by atoms with Crippen molar-refractivity contribution in [3.63, 3.8) is 0 Å². The van der Waals surface area contributed by atoms with E-state index in [9.17, 15) is 8.42 Å². The highest BCUT2D eigenvalue weighted by Crippen LogP contribution is 2.28. The second kappa shape index (κ2) is 6.13. The Balaban J connectivity index is 2.32. The van der Waals surface area contributed by atoms with Gasteiger partial charge < -0.3 is 0 Å². The van der Waals surface area contributed by atoms with Crippen LogP contribution in [-0.4, -0.2) is 25.8 Å². The van der Waals surface area contributed by atoms with E-state index in [4.69, 9.17) is 16.9 Å². The third kappa shape index (κ3) is 2.98. The molecule has 0 unspecified atom stereocenters. The molecule has 4 nitrogen and oxygen atoms in total. The summed E-state index contributed by atoms with van der Waals surface area (Å²) in [5.41, 5.74) is 0.185. The van der Waals surface area contributed by atoms with Gasteiger partial charge in [0.25, 0.3) is 0 Å². The average molecular weight is 313 g/mol. The van der Waals surface area contributed by atoms with E-state index < -0.39 is 10.0 Å². The Kier molecular flexibility index (Phi) is 4.69. The molecule has 1 aromatic rings. The highest BCUT2D eigenvalue weighted by Gasteiger charge is 2.29. The maximum absolute atomic E-state index is 12.6. The summed E-state index contributed by atoms with van der Waals surface area (Å²) in [6.45, 7) is 0. The van der Waals surface area contributed by atoms with E-state index in [1.807, 2.05) is 6.07 Å². The van der Waals surface area contributed by atoms with Crippen LogP contribution in [0.3, 0.4) is 0 Å². The highest BCUT2D eigenvalue weighted by atomic mass is 35.5. The normalized spacial score (nSPS) is 17.1. The van der Waals surface area contributed by atoms with E-state index in [1.54, 1.807) is 7.05 Å². The summed E-state index contributed by atoms with van der Waals surface area (Å²) in [6, 6.07) is 6.22. The molecule has 1 saturated carbocycles. The summed E-state index contributed by atoms with van der Waals surface area (Å²) in [5, 5.41) is 9.22. The van der Waals surface area contributed by atoms with Crippen molar-refractivity contribution in [1.29, 1.82) is 5.26 Å². The monoisotopic (exact) mass is 312 g/mol. The molecule has 2 rings (SSSR count). The van der Waals surface area contributed by atoms with Crippen molar-refractivity contribution in [1.82, 2.24) is 4.31 Å². The third-order valence-electron chi connectivity index (χ3n) is 3.82. The molecule has 1 aliphatic rings. The molecule has 0 saturated heterocycles. The number of halogens is 1. The molecule has 0 N–H and O–H groups in total. The first-order valence-electron chi connectivity index (χ1n) is 6.64. The Hall–Kier alpha value is -1.09. The molecular weight excluding hydrogens is 296 g/mol. The maximum atomic E-state index is 12.6. The number of sulfonamides is 1. The van der Waals surface area contributed by atoms with Gasteiger partial charge in [-0.15, -0.1) is 0 Å². The molecule has 1 aromatic carbocycles. The van der Waals surface area contributed by atoms with Crippen molar-refractivity contribution in [2.75, 3.05) is 7.05 Å². The first-order chi connectivity index (χ1) is 9.46. The Bertz CT molecular complexity index is 631. The second-order valence-corrected chi connectivity index (χ2v) is 7.47. The van der Waals surface area contributed by atoms with Crippen LogP contribution < -0.4 is 0 Å². The minimum Gasteiger partial charge on any atom is -0.207 e. The van der Waals surface area contributed by atoms with Gasteiger partial charge in [0.2, 0.25) is 10.0 Å². The molecule has 0 aliphatic heterocycles. The lowest BCUT2D eigenvalue weighted by Gasteiger charge is -2.30. The molecule has 1 aliphatic carbocycles. The topological polar surface area (TPSA) is 61.2 Å². The van der Waals surface area contributed by atoms with Crippen LogP contribution >= 0.6 is 11.6 Å². The van der Waals surface area contributed by atoms with Crippen molar-refractivity contribution in [2.45, 2.75) is 43.0 Å². The molecule has 0 radical (unpaired) electrons. The molecule has 0 amide bonds. The number of rotatable bonds is 3. The zero-order valence-corrected chi connectivity index (χ0v) is 12.9. The van der Waals surface area contributed by atoms with Crippen molar-refractivity contribution in [3.8, 4) is 6.07 Å². The maximum Gasteiger partial charge on any atom is 0.243 e. The van der Waals surface area contributed by atoms with Crippen LogP contribution in [0.5, 0.6) is 0 Å². The molecule has 6 heteroatoms. The Morgan fingerprint density at radius 1 is 1.30 bits per heavy atom. The quantitative estimate of drug-likeness (QED) is 0.861. The van der Waals surface area contributed by atoms with Gasteiger partial charge in [0.1, 0.15) is 6.07 Å². The molecule has 20 heavy (non-hydrogen) atoms. The summed E-state index contributed by atoms with van der Waals surface area (Å²) >= 11 is 5.84. The lowest BCUT2D eigenvalue weighted by atomic mass is 9.96. The zero-order valence-electron chi connectivity index (χ0n) is 11.3. The second-order valence-electron chi connectivity index (χ2n) is 5.07. The lowest BCUT2D eigenvalue weighted by molar-refractivity contribution is 0.286. The fraction of sp³-hybridized carbons (Fsp3) is 0.500. The van der Waals surface area contributed by atoms with Crippen LogP contribution in [0, 0.1) is 11.3 Å². The van der Waals surface area contributed by atoms with E-state index in [2.05, 4.69) is 0 Å². The summed E-state index contributed by atoms with van der Waals surface area (Å²) in [4.78, 5) is 0.131. The number of benzene rings is 1. The third-order valence-corrected chi connectivity index (χ3v) is 6.06. The predicted octanol–water partition coefficient (Wildman–Crippen LogP) is 3.16. The summed E-state index contributed by atoms with van der Waals surface area (Å²) in [7, 11) is -1.95. The minimum atomic E-state index is -3.56. The van der Waals surface area contributed by atoms with E-state index >= 15 is 0 Å². The fourth-order valence-corrected chi connectivity index (χ4v) is 4.16. The first-order valence-corrected chi connectivity index (χ1v) is 8.46. The van der Waals surface area contributed by atoms with Crippen LogP contribution in [0.2, 0.25) is 5.02 Å². The number of nitriles is 1. The van der Waals surface area contributed by atoms with Crippen LogP contribution in [0.15, 0.2) is 23.1 Å². The summed E-state index contributed by atoms with van der Waals surface area (Å²) in [5.74, 6) is 0. The number of hydrogen-bond acceptors (Lipinski definition) is 3. The Labute approximate surface area is 125 Å². The van der Waals surface area contributed by atoms with Gasteiger partial charge in [-0.05, 0) is 31.0 Å². The Morgan fingerprint density at radius 3 is 2.55 bits per heavy atom. The molecule has 0 bridgehead atoms. The van der Waals surface area contributed by atoms with Crippen LogP contribution in [0.4, 0.5) is 0 Å². The van der Waals surface area contributed by atoms with Gasteiger partial charge in [-0.2, -0.15) is 9.57 Å². The van der Waals surface area contributed by atoms with Crippen molar-refractivity contribution in [2.24, 2.45) is 0 Å². The van der Waals surface area contributed by atoms with Crippen LogP contribution in [0.1, 0.15) is 37.7 Å². The van der Waals surface area contributed by atoms with Gasteiger partial charge in [0.15, 0.2) is 0 Å². The van der Waals surface area contributed by atoms with Gasteiger partial charge in [-0.25, -0.2) is 8.42 Å². The SMILES string of the molecule is CN(C1CCCCC1)S(=O)(=O)c1ccc(Cl)c(C#N)c1. The molecule has 0 aromatic heterocycles. The minimum absolute atomic E-state index is 0.0509. The largest absolute Gasteiger partial charge is 0.243 e. The van der Waals surface area contributed by atoms with Gasteiger partial charge in [0, 0.05) is 13.1 Å². The van der Waals surface area contributed by atoms with Crippen molar-refractivity contribution in [3.05, 3.63) is 28.8 Å². The molecule has 0 heterocycles. The van der Waals surface area contributed by atoms with Crippen molar-refractivity contribution >= 4 is 21.6 Å². The molecule has 0 atom stereocenters. The first kappa shape index (κ1) is 15.3. The number of nitrogens with zero attached hydrogens (tertiary/aromatic N) is 2. The standard InChI is InChI=1S/C14H17ClN2O2S/c1-17(12-5-3-2-4-6-12)20(18,19)13-7-8-14(15)11(9-13)10-16/h7-9,12H,2-6H2,1H3. The average Bonchev–Trinajstić information content (AvgIpc) is 2.47.